The number of carbonyl (C=O) groups excluding carboxylic acids is 1. The fraction of sp³-hybridized carbons (Fsp3) is 0.333. The van der Waals surface area contributed by atoms with Crippen molar-refractivity contribution in [2.75, 3.05) is 19.7 Å². The highest BCUT2D eigenvalue weighted by Crippen LogP contribution is 2.21. The Morgan fingerprint density at radius 2 is 1.93 bits per heavy atom. The van der Waals surface area contributed by atoms with Crippen LogP contribution in [-0.2, 0) is 0 Å². The number of carbonyl (C=O) groups is 1. The number of benzene rings is 1. The fourth-order valence-electron chi connectivity index (χ4n) is 3.40. The molecule has 3 aromatic rings. The van der Waals surface area contributed by atoms with Crippen LogP contribution in [-0.4, -0.2) is 50.3 Å². The van der Waals surface area contributed by atoms with E-state index in [1.165, 1.54) is 5.56 Å². The van der Waals surface area contributed by atoms with Crippen LogP contribution >= 0.6 is 0 Å². The predicted octanol–water partition coefficient (Wildman–Crippen LogP) is 2.90. The van der Waals surface area contributed by atoms with E-state index in [1.54, 1.807) is 35.6 Å². The molecule has 1 aliphatic rings. The van der Waals surface area contributed by atoms with Gasteiger partial charge in [-0.25, -0.2) is 4.98 Å². The topological polar surface area (TPSA) is 73.1 Å². The van der Waals surface area contributed by atoms with Gasteiger partial charge in [0.1, 0.15) is 24.2 Å². The van der Waals surface area contributed by atoms with E-state index in [4.69, 9.17) is 4.74 Å². The normalized spacial score (nSPS) is 16.8. The van der Waals surface area contributed by atoms with Gasteiger partial charge in [0.05, 0.1) is 12.2 Å². The van der Waals surface area contributed by atoms with Crippen molar-refractivity contribution in [1.29, 1.82) is 0 Å². The number of ether oxygens (including phenoxy) is 1. The van der Waals surface area contributed by atoms with E-state index < -0.39 is 0 Å². The third-order valence-corrected chi connectivity index (χ3v) is 4.99. The first-order chi connectivity index (χ1) is 13.7. The van der Waals surface area contributed by atoms with Gasteiger partial charge in [-0.05, 0) is 44.0 Å². The molecule has 1 aliphatic heterocycles. The summed E-state index contributed by atoms with van der Waals surface area (Å²) < 4.78 is 7.63. The van der Waals surface area contributed by atoms with Crippen LogP contribution in [0.25, 0.3) is 5.82 Å². The van der Waals surface area contributed by atoms with Gasteiger partial charge < -0.3 is 9.64 Å². The lowest BCUT2D eigenvalue weighted by Gasteiger charge is -2.32. The summed E-state index contributed by atoms with van der Waals surface area (Å²) in [5, 5.41) is 7.53. The minimum Gasteiger partial charge on any atom is -0.493 e. The summed E-state index contributed by atoms with van der Waals surface area (Å²) in [5.41, 5.74) is 1.81. The average Bonchev–Trinajstić information content (AvgIpc) is 3.28. The summed E-state index contributed by atoms with van der Waals surface area (Å²) >= 11 is 0. The van der Waals surface area contributed by atoms with Crippen LogP contribution in [0.4, 0.5) is 0 Å². The lowest BCUT2D eigenvalue weighted by Crippen LogP contribution is -2.41. The van der Waals surface area contributed by atoms with Crippen LogP contribution in [0.2, 0.25) is 0 Å². The maximum absolute atomic E-state index is 12.9. The zero-order valence-electron chi connectivity index (χ0n) is 15.9. The molecule has 28 heavy (non-hydrogen) atoms. The first kappa shape index (κ1) is 18.2. The second-order valence-corrected chi connectivity index (χ2v) is 7.16. The number of rotatable bonds is 5. The number of nitrogens with zero attached hydrogens (tertiary/aromatic N) is 5. The van der Waals surface area contributed by atoms with Crippen LogP contribution in [0.15, 0.2) is 55.2 Å². The van der Waals surface area contributed by atoms with Crippen molar-refractivity contribution < 1.29 is 9.53 Å². The molecular formula is C21H23N5O2. The lowest BCUT2D eigenvalue weighted by molar-refractivity contribution is 0.0633. The van der Waals surface area contributed by atoms with E-state index in [0.717, 1.165) is 25.1 Å². The van der Waals surface area contributed by atoms with Crippen molar-refractivity contribution in [3.8, 4) is 11.6 Å². The Bertz CT molecular complexity index is 907. The van der Waals surface area contributed by atoms with Crippen molar-refractivity contribution >= 4 is 5.91 Å². The number of hydrogen-bond acceptors (Lipinski definition) is 5. The van der Waals surface area contributed by atoms with E-state index in [0.29, 0.717) is 30.5 Å². The summed E-state index contributed by atoms with van der Waals surface area (Å²) in [4.78, 5) is 19.1. The largest absolute Gasteiger partial charge is 0.493 e. The molecular weight excluding hydrogens is 354 g/mol. The van der Waals surface area contributed by atoms with Crippen LogP contribution in [0.1, 0.15) is 28.8 Å². The number of amides is 1. The van der Waals surface area contributed by atoms with Gasteiger partial charge >= 0.3 is 0 Å². The zero-order valence-corrected chi connectivity index (χ0v) is 15.9. The van der Waals surface area contributed by atoms with Gasteiger partial charge in [-0.15, -0.1) is 10.2 Å². The van der Waals surface area contributed by atoms with Crippen molar-refractivity contribution in [2.24, 2.45) is 5.92 Å². The Balaban J connectivity index is 1.35. The van der Waals surface area contributed by atoms with E-state index in [9.17, 15) is 4.79 Å². The van der Waals surface area contributed by atoms with Gasteiger partial charge in [0.15, 0.2) is 0 Å². The standard InChI is InChI=1S/C21H23N5O2/c1-16-4-7-19(8-5-16)28-13-17-3-2-10-25(12-17)21(27)18-6-9-20(22-11-18)26-14-23-24-15-26/h4-9,11,14-15,17H,2-3,10,12-13H2,1H3. The van der Waals surface area contributed by atoms with Gasteiger partial charge in [-0.2, -0.15) is 0 Å². The smallest absolute Gasteiger partial charge is 0.255 e. The SMILES string of the molecule is Cc1ccc(OCC2CCCN(C(=O)c3ccc(-n4cnnc4)nc3)C2)cc1. The van der Waals surface area contributed by atoms with E-state index in [2.05, 4.69) is 22.1 Å². The number of piperidine rings is 1. The summed E-state index contributed by atoms with van der Waals surface area (Å²) in [5.74, 6) is 1.92. The molecule has 1 aromatic carbocycles. The number of likely N-dealkylation sites (tertiary alicyclic amines) is 1. The Hall–Kier alpha value is -3.22. The lowest BCUT2D eigenvalue weighted by atomic mass is 9.98. The Labute approximate surface area is 164 Å². The van der Waals surface area contributed by atoms with Crippen LogP contribution < -0.4 is 4.74 Å². The molecule has 0 spiro atoms. The van der Waals surface area contributed by atoms with Crippen LogP contribution in [0.3, 0.4) is 0 Å². The van der Waals surface area contributed by atoms with Crippen molar-refractivity contribution in [3.05, 3.63) is 66.4 Å². The molecule has 2 aromatic heterocycles. The monoisotopic (exact) mass is 377 g/mol. The molecule has 4 rings (SSSR count). The first-order valence-electron chi connectivity index (χ1n) is 9.49. The third kappa shape index (κ3) is 4.19. The molecule has 0 bridgehead atoms. The average molecular weight is 377 g/mol. The van der Waals surface area contributed by atoms with Gasteiger partial charge in [0.25, 0.3) is 5.91 Å². The van der Waals surface area contributed by atoms with Gasteiger partial charge in [-0.3, -0.25) is 9.36 Å². The maximum atomic E-state index is 12.9. The maximum Gasteiger partial charge on any atom is 0.255 e. The summed E-state index contributed by atoms with van der Waals surface area (Å²) in [6.07, 6.45) is 6.82. The molecule has 0 aliphatic carbocycles. The third-order valence-electron chi connectivity index (χ3n) is 4.99. The molecule has 0 N–H and O–H groups in total. The Morgan fingerprint density at radius 1 is 1.14 bits per heavy atom. The number of aromatic nitrogens is 4. The second kappa shape index (κ2) is 8.21. The molecule has 1 saturated heterocycles. The predicted molar refractivity (Wildman–Crippen MR) is 104 cm³/mol. The molecule has 1 unspecified atom stereocenters. The molecule has 1 atom stereocenters. The zero-order chi connectivity index (χ0) is 19.3. The molecule has 144 valence electrons. The quantitative estimate of drug-likeness (QED) is 0.684. The highest BCUT2D eigenvalue weighted by molar-refractivity contribution is 5.94. The van der Waals surface area contributed by atoms with Crippen LogP contribution in [0, 0.1) is 12.8 Å². The van der Waals surface area contributed by atoms with Crippen molar-refractivity contribution in [2.45, 2.75) is 19.8 Å². The Morgan fingerprint density at radius 3 is 2.64 bits per heavy atom. The first-order valence-corrected chi connectivity index (χ1v) is 9.49. The molecule has 7 nitrogen and oxygen atoms in total. The fourth-order valence-corrected chi connectivity index (χ4v) is 3.40. The summed E-state index contributed by atoms with van der Waals surface area (Å²) in [7, 11) is 0. The molecule has 0 saturated carbocycles. The van der Waals surface area contributed by atoms with Crippen LogP contribution in [0.5, 0.6) is 5.75 Å². The van der Waals surface area contributed by atoms with Gasteiger partial charge in [0.2, 0.25) is 0 Å². The highest BCUT2D eigenvalue weighted by Gasteiger charge is 2.25. The van der Waals surface area contributed by atoms with Gasteiger partial charge in [0, 0.05) is 25.2 Å². The number of aryl methyl sites for hydroxylation is 1. The molecule has 1 amide bonds. The molecule has 7 heteroatoms. The molecule has 3 heterocycles. The summed E-state index contributed by atoms with van der Waals surface area (Å²) in [6.45, 7) is 4.16. The van der Waals surface area contributed by atoms with E-state index >= 15 is 0 Å². The minimum absolute atomic E-state index is 0.0165. The molecule has 0 radical (unpaired) electrons. The van der Waals surface area contributed by atoms with E-state index in [-0.39, 0.29) is 5.91 Å². The molecule has 1 fully saturated rings. The van der Waals surface area contributed by atoms with Gasteiger partial charge in [-0.1, -0.05) is 17.7 Å². The highest BCUT2D eigenvalue weighted by atomic mass is 16.5. The summed E-state index contributed by atoms with van der Waals surface area (Å²) in [6, 6.07) is 11.7. The number of hydrogen-bond donors (Lipinski definition) is 0. The van der Waals surface area contributed by atoms with E-state index in [1.807, 2.05) is 29.2 Å². The number of pyridine rings is 1. The van der Waals surface area contributed by atoms with Crippen molar-refractivity contribution in [3.63, 3.8) is 0 Å². The minimum atomic E-state index is 0.0165. The van der Waals surface area contributed by atoms with Crippen molar-refractivity contribution in [1.82, 2.24) is 24.6 Å². The Kier molecular flexibility index (Phi) is 5.32. The second-order valence-electron chi connectivity index (χ2n) is 7.16.